The standard InChI is InChI=1S/C14H17BrO4/c1-4-18-13(16)11-6-5-10(15)7-12(11)14(17)19-8-9(2)3/h5-7,9H,4,8H2,1-3H3. The van der Waals surface area contributed by atoms with Crippen LogP contribution in [0.5, 0.6) is 0 Å². The minimum Gasteiger partial charge on any atom is -0.462 e. The van der Waals surface area contributed by atoms with Crippen LogP contribution in [-0.4, -0.2) is 25.2 Å². The lowest BCUT2D eigenvalue weighted by molar-refractivity contribution is 0.0435. The zero-order valence-electron chi connectivity index (χ0n) is 11.2. The molecule has 0 unspecified atom stereocenters. The van der Waals surface area contributed by atoms with E-state index in [4.69, 9.17) is 9.47 Å². The van der Waals surface area contributed by atoms with Crippen molar-refractivity contribution in [3.05, 3.63) is 33.8 Å². The molecule has 0 aliphatic heterocycles. The number of halogens is 1. The Labute approximate surface area is 121 Å². The molecule has 1 aromatic carbocycles. The van der Waals surface area contributed by atoms with Gasteiger partial charge in [-0.3, -0.25) is 0 Å². The quantitative estimate of drug-likeness (QED) is 0.777. The topological polar surface area (TPSA) is 52.6 Å². The molecule has 1 aromatic rings. The summed E-state index contributed by atoms with van der Waals surface area (Å²) in [6, 6.07) is 4.80. The summed E-state index contributed by atoms with van der Waals surface area (Å²) in [6.07, 6.45) is 0. The van der Waals surface area contributed by atoms with E-state index in [0.29, 0.717) is 11.1 Å². The SMILES string of the molecule is CCOC(=O)c1ccc(Br)cc1C(=O)OCC(C)C. The second-order valence-electron chi connectivity index (χ2n) is 4.40. The van der Waals surface area contributed by atoms with Gasteiger partial charge in [0.1, 0.15) is 0 Å². The van der Waals surface area contributed by atoms with Gasteiger partial charge in [-0.25, -0.2) is 9.59 Å². The molecule has 1 rings (SSSR count). The number of carbonyl (C=O) groups is 2. The van der Waals surface area contributed by atoms with E-state index in [1.807, 2.05) is 13.8 Å². The predicted octanol–water partition coefficient (Wildman–Crippen LogP) is 3.44. The fraction of sp³-hybridized carbons (Fsp3) is 0.429. The Balaban J connectivity index is 2.99. The van der Waals surface area contributed by atoms with Crippen LogP contribution >= 0.6 is 15.9 Å². The molecule has 0 aromatic heterocycles. The third-order valence-electron chi connectivity index (χ3n) is 2.24. The molecule has 0 aliphatic carbocycles. The van der Waals surface area contributed by atoms with Crippen molar-refractivity contribution in [2.75, 3.05) is 13.2 Å². The molecule has 0 aliphatic rings. The van der Waals surface area contributed by atoms with Crippen molar-refractivity contribution in [1.82, 2.24) is 0 Å². The second-order valence-corrected chi connectivity index (χ2v) is 5.32. The molecule has 104 valence electrons. The Hall–Kier alpha value is -1.36. The van der Waals surface area contributed by atoms with E-state index in [-0.39, 0.29) is 23.7 Å². The fourth-order valence-electron chi connectivity index (χ4n) is 1.39. The van der Waals surface area contributed by atoms with Crippen molar-refractivity contribution in [2.45, 2.75) is 20.8 Å². The average Bonchev–Trinajstić information content (AvgIpc) is 2.36. The largest absolute Gasteiger partial charge is 0.462 e. The van der Waals surface area contributed by atoms with Crippen molar-refractivity contribution in [3.8, 4) is 0 Å². The fourth-order valence-corrected chi connectivity index (χ4v) is 1.75. The third-order valence-corrected chi connectivity index (χ3v) is 2.74. The first-order valence-corrected chi connectivity index (χ1v) is 6.88. The van der Waals surface area contributed by atoms with Crippen LogP contribution in [0.2, 0.25) is 0 Å². The summed E-state index contributed by atoms with van der Waals surface area (Å²) in [5.74, 6) is -0.799. The van der Waals surface area contributed by atoms with Gasteiger partial charge < -0.3 is 9.47 Å². The maximum atomic E-state index is 12.0. The lowest BCUT2D eigenvalue weighted by Gasteiger charge is -2.11. The zero-order valence-corrected chi connectivity index (χ0v) is 12.8. The zero-order chi connectivity index (χ0) is 14.4. The Morgan fingerprint density at radius 2 is 1.79 bits per heavy atom. The number of benzene rings is 1. The maximum Gasteiger partial charge on any atom is 0.339 e. The molecule has 5 heteroatoms. The Morgan fingerprint density at radius 3 is 2.37 bits per heavy atom. The van der Waals surface area contributed by atoms with Gasteiger partial charge >= 0.3 is 11.9 Å². The van der Waals surface area contributed by atoms with Gasteiger partial charge in [-0.2, -0.15) is 0 Å². The van der Waals surface area contributed by atoms with Crippen molar-refractivity contribution in [3.63, 3.8) is 0 Å². The summed E-state index contributed by atoms with van der Waals surface area (Å²) in [5.41, 5.74) is 0.437. The molecule has 0 saturated heterocycles. The average molecular weight is 329 g/mol. The van der Waals surface area contributed by atoms with Crippen LogP contribution in [0, 0.1) is 5.92 Å². The highest BCUT2D eigenvalue weighted by Gasteiger charge is 2.19. The number of hydrogen-bond acceptors (Lipinski definition) is 4. The third kappa shape index (κ3) is 4.67. The van der Waals surface area contributed by atoms with Gasteiger partial charge in [0.25, 0.3) is 0 Å². The maximum absolute atomic E-state index is 12.0. The lowest BCUT2D eigenvalue weighted by atomic mass is 10.1. The summed E-state index contributed by atoms with van der Waals surface area (Å²) in [5, 5.41) is 0. The van der Waals surface area contributed by atoms with Gasteiger partial charge in [0.05, 0.1) is 24.3 Å². The summed E-state index contributed by atoms with van der Waals surface area (Å²) < 4.78 is 10.8. The van der Waals surface area contributed by atoms with Crippen LogP contribution in [0.4, 0.5) is 0 Å². The van der Waals surface area contributed by atoms with Crippen LogP contribution in [0.25, 0.3) is 0 Å². The van der Waals surface area contributed by atoms with E-state index in [0.717, 1.165) is 0 Å². The highest BCUT2D eigenvalue weighted by Crippen LogP contribution is 2.19. The van der Waals surface area contributed by atoms with E-state index in [1.54, 1.807) is 25.1 Å². The molecule has 0 spiro atoms. The first-order chi connectivity index (χ1) is 8.95. The second kappa shape index (κ2) is 7.28. The Kier molecular flexibility index (Phi) is 6.02. The number of hydrogen-bond donors (Lipinski definition) is 0. The number of esters is 2. The molecule has 0 saturated carbocycles. The minimum absolute atomic E-state index is 0.216. The first-order valence-electron chi connectivity index (χ1n) is 6.09. The first kappa shape index (κ1) is 15.7. The van der Waals surface area contributed by atoms with Crippen molar-refractivity contribution in [2.24, 2.45) is 5.92 Å². The number of rotatable bonds is 5. The molecular formula is C14H17BrO4. The predicted molar refractivity (Wildman–Crippen MR) is 75.2 cm³/mol. The summed E-state index contributed by atoms with van der Waals surface area (Å²) in [4.78, 5) is 23.8. The molecule has 0 amide bonds. The molecule has 0 radical (unpaired) electrons. The molecule has 0 fully saturated rings. The molecule has 19 heavy (non-hydrogen) atoms. The van der Waals surface area contributed by atoms with Gasteiger partial charge in [0, 0.05) is 4.47 Å². The van der Waals surface area contributed by atoms with Crippen LogP contribution in [0.15, 0.2) is 22.7 Å². The molecule has 4 nitrogen and oxygen atoms in total. The lowest BCUT2D eigenvalue weighted by Crippen LogP contribution is -2.16. The Bertz CT molecular complexity index is 469. The van der Waals surface area contributed by atoms with Crippen LogP contribution in [0.3, 0.4) is 0 Å². The molecule has 0 bridgehead atoms. The number of carbonyl (C=O) groups excluding carboxylic acids is 2. The van der Waals surface area contributed by atoms with E-state index in [1.165, 1.54) is 0 Å². The summed E-state index contributed by atoms with van der Waals surface area (Å²) in [7, 11) is 0. The molecule has 0 N–H and O–H groups in total. The molecular weight excluding hydrogens is 312 g/mol. The molecule has 0 heterocycles. The van der Waals surface area contributed by atoms with Gasteiger partial charge in [0.2, 0.25) is 0 Å². The van der Waals surface area contributed by atoms with Gasteiger partial charge in [-0.15, -0.1) is 0 Å². The van der Waals surface area contributed by atoms with Gasteiger partial charge in [0.15, 0.2) is 0 Å². The summed E-state index contributed by atoms with van der Waals surface area (Å²) in [6.45, 7) is 6.18. The minimum atomic E-state index is -0.522. The van der Waals surface area contributed by atoms with Crippen LogP contribution < -0.4 is 0 Å². The van der Waals surface area contributed by atoms with Gasteiger partial charge in [-0.1, -0.05) is 29.8 Å². The highest BCUT2D eigenvalue weighted by atomic mass is 79.9. The van der Waals surface area contributed by atoms with Crippen LogP contribution in [-0.2, 0) is 9.47 Å². The summed E-state index contributed by atoms with van der Waals surface area (Å²) >= 11 is 3.27. The normalized spacial score (nSPS) is 10.4. The van der Waals surface area contributed by atoms with E-state index >= 15 is 0 Å². The smallest absolute Gasteiger partial charge is 0.339 e. The Morgan fingerprint density at radius 1 is 1.16 bits per heavy atom. The van der Waals surface area contributed by atoms with E-state index < -0.39 is 11.9 Å². The van der Waals surface area contributed by atoms with E-state index in [2.05, 4.69) is 15.9 Å². The van der Waals surface area contributed by atoms with E-state index in [9.17, 15) is 9.59 Å². The van der Waals surface area contributed by atoms with Crippen molar-refractivity contribution in [1.29, 1.82) is 0 Å². The van der Waals surface area contributed by atoms with Crippen molar-refractivity contribution >= 4 is 27.9 Å². The monoisotopic (exact) mass is 328 g/mol. The van der Waals surface area contributed by atoms with Gasteiger partial charge in [-0.05, 0) is 31.0 Å². The highest BCUT2D eigenvalue weighted by molar-refractivity contribution is 9.10. The van der Waals surface area contributed by atoms with Crippen LogP contribution in [0.1, 0.15) is 41.5 Å². The molecule has 0 atom stereocenters. The van der Waals surface area contributed by atoms with Crippen molar-refractivity contribution < 1.29 is 19.1 Å². The number of ether oxygens (including phenoxy) is 2.